The minimum Gasteiger partial charge on any atom is -0.288 e. The first kappa shape index (κ1) is 19.3. The lowest BCUT2D eigenvalue weighted by atomic mass is 10.00. The van der Waals surface area contributed by atoms with Crippen LogP contribution in [0.5, 0.6) is 0 Å². The van der Waals surface area contributed by atoms with E-state index in [1.54, 1.807) is 0 Å². The lowest BCUT2D eigenvalue weighted by Gasteiger charge is -2.14. The van der Waals surface area contributed by atoms with Gasteiger partial charge in [0.05, 0.1) is 11.1 Å². The molecule has 0 amide bonds. The number of benzene rings is 2. The quantitative estimate of drug-likeness (QED) is 0.238. The van der Waals surface area contributed by atoms with Gasteiger partial charge in [0, 0.05) is 28.6 Å². The van der Waals surface area contributed by atoms with Gasteiger partial charge in [-0.05, 0) is 87.0 Å². The van der Waals surface area contributed by atoms with E-state index in [9.17, 15) is 4.79 Å². The molecule has 0 aliphatic heterocycles. The second kappa shape index (κ2) is 8.39. The third-order valence-corrected chi connectivity index (χ3v) is 7.43. The van der Waals surface area contributed by atoms with Crippen molar-refractivity contribution < 1.29 is 4.79 Å². The lowest BCUT2D eigenvalue weighted by Crippen LogP contribution is -2.08. The summed E-state index contributed by atoms with van der Waals surface area (Å²) in [5.41, 5.74) is 3.28. The Balaban J connectivity index is 2.69. The molecule has 22 heavy (non-hydrogen) atoms. The molecule has 0 saturated heterocycles. The van der Waals surface area contributed by atoms with Gasteiger partial charge < -0.3 is 0 Å². The molecule has 0 N–H and O–H groups in total. The first-order valence-electron chi connectivity index (χ1n) is 6.02. The van der Waals surface area contributed by atoms with Crippen molar-refractivity contribution in [3.05, 3.63) is 64.4 Å². The molecule has 0 saturated carbocycles. The normalized spacial score (nSPS) is 10.8. The largest absolute Gasteiger partial charge is 0.288 e. The van der Waals surface area contributed by atoms with Crippen LogP contribution in [-0.2, 0) is 10.7 Å². The van der Waals surface area contributed by atoms with E-state index in [0.717, 1.165) is 29.0 Å². The number of carbonyl (C=O) groups excluding carboxylic acids is 1. The van der Waals surface area contributed by atoms with Crippen molar-refractivity contribution in [3.8, 4) is 0 Å². The predicted molar refractivity (Wildman–Crippen MR) is 112 cm³/mol. The zero-order valence-electron chi connectivity index (χ0n) is 10.9. The highest BCUT2D eigenvalue weighted by Gasteiger charge is 2.23. The van der Waals surface area contributed by atoms with E-state index in [2.05, 4.69) is 95.6 Å². The van der Waals surface area contributed by atoms with E-state index in [4.69, 9.17) is 0 Å². The fourth-order valence-corrected chi connectivity index (χ4v) is 6.51. The monoisotopic (exact) mass is 678 g/mol. The SMILES string of the molecule is O=C(c1c(Br)ccc(CBr)c1Br)c1c(Br)ccc(CBr)c1Br. The van der Waals surface area contributed by atoms with E-state index < -0.39 is 0 Å². The Labute approximate surface area is 179 Å². The standard InChI is InChI=1S/C15H8Br6O/c16-5-7-1-3-9(18)11(13(7)20)15(22)12-10(19)4-2-8(6-17)14(12)21/h1-4H,5-6H2. The van der Waals surface area contributed by atoms with Gasteiger partial charge in [0.15, 0.2) is 5.78 Å². The number of halogens is 6. The van der Waals surface area contributed by atoms with Crippen molar-refractivity contribution in [2.75, 3.05) is 0 Å². The third kappa shape index (κ3) is 3.80. The Hall–Kier alpha value is 0.990. The average molecular weight is 684 g/mol. The van der Waals surface area contributed by atoms with Crippen LogP contribution in [0, 0.1) is 0 Å². The second-order valence-electron chi connectivity index (χ2n) is 4.39. The summed E-state index contributed by atoms with van der Waals surface area (Å²) in [4.78, 5) is 13.1. The fraction of sp³-hybridized carbons (Fsp3) is 0.133. The van der Waals surface area contributed by atoms with Crippen molar-refractivity contribution in [3.63, 3.8) is 0 Å². The van der Waals surface area contributed by atoms with E-state index in [1.165, 1.54) is 0 Å². The van der Waals surface area contributed by atoms with Crippen molar-refractivity contribution >= 4 is 101 Å². The maximum Gasteiger partial charge on any atom is 0.197 e. The highest BCUT2D eigenvalue weighted by atomic mass is 79.9. The van der Waals surface area contributed by atoms with Crippen LogP contribution in [0.15, 0.2) is 42.2 Å². The van der Waals surface area contributed by atoms with Gasteiger partial charge in [-0.15, -0.1) is 0 Å². The molecule has 0 unspecified atom stereocenters. The summed E-state index contributed by atoms with van der Waals surface area (Å²) < 4.78 is 3.12. The van der Waals surface area contributed by atoms with Gasteiger partial charge in [-0.3, -0.25) is 4.79 Å². The van der Waals surface area contributed by atoms with Gasteiger partial charge in [-0.1, -0.05) is 44.0 Å². The Kier molecular flexibility index (Phi) is 7.36. The predicted octanol–water partition coefficient (Wildman–Crippen LogP) is 7.76. The molecule has 0 aliphatic rings. The van der Waals surface area contributed by atoms with Crippen molar-refractivity contribution in [2.45, 2.75) is 10.7 Å². The number of rotatable bonds is 4. The van der Waals surface area contributed by atoms with Gasteiger partial charge in [0.1, 0.15) is 0 Å². The Morgan fingerprint density at radius 1 is 0.727 bits per heavy atom. The molecule has 116 valence electrons. The van der Waals surface area contributed by atoms with Crippen LogP contribution in [0.4, 0.5) is 0 Å². The molecule has 0 bridgehead atoms. The number of carbonyl (C=O) groups is 1. The maximum absolute atomic E-state index is 13.1. The molecule has 2 aromatic carbocycles. The number of hydrogen-bond donors (Lipinski definition) is 0. The molecule has 0 atom stereocenters. The topological polar surface area (TPSA) is 17.1 Å². The minimum atomic E-state index is -0.0527. The van der Waals surface area contributed by atoms with E-state index in [0.29, 0.717) is 21.8 Å². The van der Waals surface area contributed by atoms with E-state index in [1.807, 2.05) is 24.3 Å². The first-order valence-corrected chi connectivity index (χ1v) is 11.4. The van der Waals surface area contributed by atoms with Crippen molar-refractivity contribution in [1.82, 2.24) is 0 Å². The Morgan fingerprint density at radius 2 is 1.09 bits per heavy atom. The van der Waals surface area contributed by atoms with Crippen molar-refractivity contribution in [2.24, 2.45) is 0 Å². The lowest BCUT2D eigenvalue weighted by molar-refractivity contribution is 0.103. The molecule has 2 aromatic rings. The molecule has 7 heteroatoms. The number of hydrogen-bond acceptors (Lipinski definition) is 1. The zero-order chi connectivity index (χ0) is 16.4. The van der Waals surface area contributed by atoms with Gasteiger partial charge in [-0.25, -0.2) is 0 Å². The summed E-state index contributed by atoms with van der Waals surface area (Å²) in [6.07, 6.45) is 0. The fourth-order valence-electron chi connectivity index (χ4n) is 1.94. The molecular formula is C15H8Br6O. The highest BCUT2D eigenvalue weighted by Crippen LogP contribution is 2.37. The molecular weight excluding hydrogens is 676 g/mol. The summed E-state index contributed by atoms with van der Waals surface area (Å²) in [6.45, 7) is 0. The van der Waals surface area contributed by atoms with Crippen LogP contribution < -0.4 is 0 Å². The molecule has 0 aliphatic carbocycles. The number of ketones is 1. The van der Waals surface area contributed by atoms with Crippen LogP contribution >= 0.6 is 95.6 Å². The summed E-state index contributed by atoms with van der Waals surface area (Å²) in [7, 11) is 0. The summed E-state index contributed by atoms with van der Waals surface area (Å²) in [5, 5.41) is 1.34. The van der Waals surface area contributed by atoms with E-state index >= 15 is 0 Å². The minimum absolute atomic E-state index is 0.0527. The Morgan fingerprint density at radius 3 is 1.41 bits per heavy atom. The third-order valence-electron chi connectivity index (χ3n) is 3.08. The van der Waals surface area contributed by atoms with Gasteiger partial charge in [0.25, 0.3) is 0 Å². The molecule has 0 spiro atoms. The molecule has 1 nitrogen and oxygen atoms in total. The van der Waals surface area contributed by atoms with Crippen LogP contribution in [0.25, 0.3) is 0 Å². The van der Waals surface area contributed by atoms with Crippen LogP contribution in [-0.4, -0.2) is 5.78 Å². The van der Waals surface area contributed by atoms with Gasteiger partial charge >= 0.3 is 0 Å². The molecule has 0 radical (unpaired) electrons. The van der Waals surface area contributed by atoms with E-state index in [-0.39, 0.29) is 5.78 Å². The second-order valence-corrected chi connectivity index (χ2v) is 8.80. The molecule has 0 fully saturated rings. The maximum atomic E-state index is 13.1. The molecule has 2 rings (SSSR count). The van der Waals surface area contributed by atoms with Crippen molar-refractivity contribution in [1.29, 1.82) is 0 Å². The molecule has 0 aromatic heterocycles. The van der Waals surface area contributed by atoms with Crippen LogP contribution in [0.3, 0.4) is 0 Å². The van der Waals surface area contributed by atoms with Crippen LogP contribution in [0.2, 0.25) is 0 Å². The van der Waals surface area contributed by atoms with Crippen LogP contribution in [0.1, 0.15) is 27.0 Å². The summed E-state index contributed by atoms with van der Waals surface area (Å²) in [6, 6.07) is 7.73. The smallest absolute Gasteiger partial charge is 0.197 e. The molecule has 0 heterocycles. The van der Waals surface area contributed by atoms with Gasteiger partial charge in [-0.2, -0.15) is 0 Å². The summed E-state index contributed by atoms with van der Waals surface area (Å²) in [5.74, 6) is -0.0527. The Bertz CT molecular complexity index is 680. The first-order chi connectivity index (χ1) is 10.4. The zero-order valence-corrected chi connectivity index (χ0v) is 20.4. The number of alkyl halides is 2. The highest BCUT2D eigenvalue weighted by molar-refractivity contribution is 9.11. The van der Waals surface area contributed by atoms with Gasteiger partial charge in [0.2, 0.25) is 0 Å². The summed E-state index contributed by atoms with van der Waals surface area (Å²) >= 11 is 21.0. The average Bonchev–Trinajstić information content (AvgIpc) is 2.48.